The highest BCUT2D eigenvalue weighted by atomic mass is 79.9. The molecule has 0 N–H and O–H groups in total. The lowest BCUT2D eigenvalue weighted by Gasteiger charge is -2.25. The fourth-order valence-electron chi connectivity index (χ4n) is 2.18. The Morgan fingerprint density at radius 2 is 2.06 bits per heavy atom. The molecular weight excluding hydrogens is 266 g/mol. The van der Waals surface area contributed by atoms with Gasteiger partial charge in [-0.15, -0.1) is 0 Å². The summed E-state index contributed by atoms with van der Waals surface area (Å²) < 4.78 is 6.74. The van der Waals surface area contributed by atoms with E-state index in [1.54, 1.807) is 12.4 Å². The molecule has 1 aromatic rings. The van der Waals surface area contributed by atoms with Gasteiger partial charge < -0.3 is 4.74 Å². The number of hydrogen-bond donors (Lipinski definition) is 0. The Hall–Kier alpha value is -0.570. The number of hydrogen-bond acceptors (Lipinski definition) is 2. The normalized spacial score (nSPS) is 25.4. The largest absolute Gasteiger partial charge is 0.492 e. The molecule has 1 heterocycles. The number of rotatable bonds is 3. The monoisotopic (exact) mass is 283 g/mol. The summed E-state index contributed by atoms with van der Waals surface area (Å²) in [5.41, 5.74) is 0. The molecule has 0 saturated heterocycles. The van der Waals surface area contributed by atoms with Gasteiger partial charge in [-0.3, -0.25) is 4.98 Å². The standard InChI is InChI=1S/C13H18BrNO/c1-10-2-4-11(5-3-10)9-16-13-6-12(14)7-15-8-13/h6-8,10-11H,2-5,9H2,1H3. The summed E-state index contributed by atoms with van der Waals surface area (Å²) in [5, 5.41) is 0. The molecule has 0 spiro atoms. The maximum atomic E-state index is 5.77. The van der Waals surface area contributed by atoms with Crippen LogP contribution in [0.25, 0.3) is 0 Å². The molecule has 0 radical (unpaired) electrons. The number of aromatic nitrogens is 1. The first kappa shape index (κ1) is 11.9. The van der Waals surface area contributed by atoms with Crippen molar-refractivity contribution in [3.63, 3.8) is 0 Å². The van der Waals surface area contributed by atoms with E-state index in [2.05, 4.69) is 27.8 Å². The Bertz CT molecular complexity index is 334. The zero-order valence-electron chi connectivity index (χ0n) is 9.66. The molecule has 0 aliphatic heterocycles. The van der Waals surface area contributed by atoms with Crippen molar-refractivity contribution >= 4 is 15.9 Å². The minimum absolute atomic E-state index is 0.732. The van der Waals surface area contributed by atoms with Crippen LogP contribution in [0.2, 0.25) is 0 Å². The third-order valence-electron chi connectivity index (χ3n) is 3.30. The molecule has 0 atom stereocenters. The lowest BCUT2D eigenvalue weighted by atomic mass is 9.83. The highest BCUT2D eigenvalue weighted by Crippen LogP contribution is 2.28. The molecule has 0 aromatic carbocycles. The number of ether oxygens (including phenoxy) is 1. The van der Waals surface area contributed by atoms with Crippen LogP contribution in [0.5, 0.6) is 5.75 Å². The van der Waals surface area contributed by atoms with E-state index in [1.807, 2.05) is 6.07 Å². The van der Waals surface area contributed by atoms with E-state index in [0.717, 1.165) is 28.7 Å². The van der Waals surface area contributed by atoms with E-state index >= 15 is 0 Å². The van der Waals surface area contributed by atoms with Gasteiger partial charge in [-0.2, -0.15) is 0 Å². The first-order valence-electron chi connectivity index (χ1n) is 5.97. The van der Waals surface area contributed by atoms with Gasteiger partial charge in [0.05, 0.1) is 12.8 Å². The van der Waals surface area contributed by atoms with Gasteiger partial charge in [0.15, 0.2) is 0 Å². The van der Waals surface area contributed by atoms with Crippen molar-refractivity contribution in [1.29, 1.82) is 0 Å². The Kier molecular flexibility index (Phi) is 4.22. The highest BCUT2D eigenvalue weighted by Gasteiger charge is 2.18. The molecule has 16 heavy (non-hydrogen) atoms. The van der Waals surface area contributed by atoms with Crippen molar-refractivity contribution in [3.05, 3.63) is 22.9 Å². The van der Waals surface area contributed by atoms with Crippen LogP contribution in [0.4, 0.5) is 0 Å². The lowest BCUT2D eigenvalue weighted by molar-refractivity contribution is 0.187. The molecule has 3 heteroatoms. The zero-order valence-corrected chi connectivity index (χ0v) is 11.2. The molecule has 1 aromatic heterocycles. The van der Waals surface area contributed by atoms with Gasteiger partial charge in [0.2, 0.25) is 0 Å². The molecular formula is C13H18BrNO. The van der Waals surface area contributed by atoms with Crippen LogP contribution in [0.15, 0.2) is 22.9 Å². The van der Waals surface area contributed by atoms with Crippen molar-refractivity contribution in [2.24, 2.45) is 11.8 Å². The second-order valence-electron chi connectivity index (χ2n) is 4.78. The number of halogens is 1. The second kappa shape index (κ2) is 5.67. The van der Waals surface area contributed by atoms with E-state index in [-0.39, 0.29) is 0 Å². The molecule has 1 aliphatic carbocycles. The molecule has 0 amide bonds. The van der Waals surface area contributed by atoms with Crippen LogP contribution in [-0.4, -0.2) is 11.6 Å². The van der Waals surface area contributed by atoms with Crippen molar-refractivity contribution in [2.75, 3.05) is 6.61 Å². The zero-order chi connectivity index (χ0) is 11.4. The van der Waals surface area contributed by atoms with Crippen LogP contribution < -0.4 is 4.74 Å². The van der Waals surface area contributed by atoms with E-state index in [0.29, 0.717) is 0 Å². The second-order valence-corrected chi connectivity index (χ2v) is 5.69. The smallest absolute Gasteiger partial charge is 0.138 e. The van der Waals surface area contributed by atoms with Gasteiger partial charge in [-0.05, 0) is 46.7 Å². The van der Waals surface area contributed by atoms with E-state index < -0.39 is 0 Å². The minimum atomic E-state index is 0.732. The van der Waals surface area contributed by atoms with Crippen molar-refractivity contribution in [3.8, 4) is 5.75 Å². The van der Waals surface area contributed by atoms with Gasteiger partial charge in [-0.25, -0.2) is 0 Å². The maximum absolute atomic E-state index is 5.77. The molecule has 0 unspecified atom stereocenters. The molecule has 2 nitrogen and oxygen atoms in total. The first-order valence-corrected chi connectivity index (χ1v) is 6.76. The number of pyridine rings is 1. The van der Waals surface area contributed by atoms with E-state index in [1.165, 1.54) is 25.7 Å². The molecule has 1 aliphatic rings. The van der Waals surface area contributed by atoms with Gasteiger partial charge in [0.25, 0.3) is 0 Å². The average molecular weight is 284 g/mol. The predicted molar refractivity (Wildman–Crippen MR) is 68.6 cm³/mol. The molecule has 0 bridgehead atoms. The van der Waals surface area contributed by atoms with Crippen molar-refractivity contribution in [2.45, 2.75) is 32.6 Å². The summed E-state index contributed by atoms with van der Waals surface area (Å²) in [6, 6.07) is 1.97. The van der Waals surface area contributed by atoms with Crippen LogP contribution in [0, 0.1) is 11.8 Å². The van der Waals surface area contributed by atoms with Crippen LogP contribution in [-0.2, 0) is 0 Å². The SMILES string of the molecule is CC1CCC(COc2cncc(Br)c2)CC1. The first-order chi connectivity index (χ1) is 7.74. The topological polar surface area (TPSA) is 22.1 Å². The molecule has 88 valence electrons. The Morgan fingerprint density at radius 3 is 2.75 bits per heavy atom. The quantitative estimate of drug-likeness (QED) is 0.835. The fourth-order valence-corrected chi connectivity index (χ4v) is 2.53. The van der Waals surface area contributed by atoms with Gasteiger partial charge in [0.1, 0.15) is 5.75 Å². The summed E-state index contributed by atoms with van der Waals surface area (Å²) in [5.74, 6) is 2.51. The Labute approximate surface area is 106 Å². The van der Waals surface area contributed by atoms with Gasteiger partial charge >= 0.3 is 0 Å². The van der Waals surface area contributed by atoms with Crippen LogP contribution in [0.3, 0.4) is 0 Å². The summed E-state index contributed by atoms with van der Waals surface area (Å²) in [6.07, 6.45) is 8.87. The summed E-state index contributed by atoms with van der Waals surface area (Å²) >= 11 is 3.39. The maximum Gasteiger partial charge on any atom is 0.138 e. The number of nitrogens with zero attached hydrogens (tertiary/aromatic N) is 1. The fraction of sp³-hybridized carbons (Fsp3) is 0.615. The molecule has 1 fully saturated rings. The average Bonchev–Trinajstić information content (AvgIpc) is 2.28. The summed E-state index contributed by atoms with van der Waals surface area (Å²) in [4.78, 5) is 4.09. The molecule has 2 rings (SSSR count). The van der Waals surface area contributed by atoms with Crippen molar-refractivity contribution < 1.29 is 4.74 Å². The van der Waals surface area contributed by atoms with Crippen molar-refractivity contribution in [1.82, 2.24) is 4.98 Å². The summed E-state index contributed by atoms with van der Waals surface area (Å²) in [7, 11) is 0. The third kappa shape index (κ3) is 3.48. The third-order valence-corrected chi connectivity index (χ3v) is 3.73. The minimum Gasteiger partial charge on any atom is -0.492 e. The van der Waals surface area contributed by atoms with Crippen LogP contribution >= 0.6 is 15.9 Å². The Morgan fingerprint density at radius 1 is 1.31 bits per heavy atom. The summed E-state index contributed by atoms with van der Waals surface area (Å²) in [6.45, 7) is 3.18. The highest BCUT2D eigenvalue weighted by molar-refractivity contribution is 9.10. The predicted octanol–water partition coefficient (Wildman–Crippen LogP) is 4.05. The lowest BCUT2D eigenvalue weighted by Crippen LogP contribution is -2.18. The van der Waals surface area contributed by atoms with Crippen LogP contribution in [0.1, 0.15) is 32.6 Å². The van der Waals surface area contributed by atoms with E-state index in [4.69, 9.17) is 4.74 Å². The van der Waals surface area contributed by atoms with Gasteiger partial charge in [0, 0.05) is 10.7 Å². The van der Waals surface area contributed by atoms with E-state index in [9.17, 15) is 0 Å². The van der Waals surface area contributed by atoms with Gasteiger partial charge in [-0.1, -0.05) is 19.8 Å². The Balaban J connectivity index is 1.79. The molecule has 1 saturated carbocycles.